The number of quaternary nitrogens is 1. The van der Waals surface area contributed by atoms with E-state index in [4.69, 9.17) is 9.05 Å². The predicted molar refractivity (Wildman–Crippen MR) is 335 cm³/mol. The van der Waals surface area contributed by atoms with Crippen LogP contribution in [0.3, 0.4) is 0 Å². The van der Waals surface area contributed by atoms with Crippen LogP contribution in [-0.4, -0.2) is 68.5 Å². The molecule has 0 radical (unpaired) electrons. The first-order valence-electron chi connectivity index (χ1n) is 34.5. The molecule has 0 aliphatic carbocycles. The lowest BCUT2D eigenvalue weighted by atomic mass is 10.0. The number of rotatable bonds is 65. The number of carbonyl (C=O) groups excluding carboxylic acids is 1. The molecule has 8 nitrogen and oxygen atoms in total. The van der Waals surface area contributed by atoms with Gasteiger partial charge in [-0.05, 0) is 38.5 Å². The first-order chi connectivity index (χ1) is 37.5. The van der Waals surface area contributed by atoms with Gasteiger partial charge in [0.05, 0.1) is 39.9 Å². The summed E-state index contributed by atoms with van der Waals surface area (Å²) in [6.45, 7) is 4.79. The number of nitrogens with one attached hydrogen (secondary N) is 1. The van der Waals surface area contributed by atoms with Gasteiger partial charge in [-0.15, -0.1) is 0 Å². The highest BCUT2D eigenvalue weighted by Crippen LogP contribution is 2.38. The molecule has 0 spiro atoms. The maximum Gasteiger partial charge on any atom is 0.268 e. The molecule has 2 N–H and O–H groups in total. The molecule has 0 bridgehead atoms. The second-order valence-electron chi connectivity index (χ2n) is 25.2. The van der Waals surface area contributed by atoms with Crippen LogP contribution in [0.4, 0.5) is 0 Å². The molecule has 0 saturated heterocycles. The zero-order valence-electron chi connectivity index (χ0n) is 52.7. The van der Waals surface area contributed by atoms with Gasteiger partial charge in [0.1, 0.15) is 13.2 Å². The third-order valence-corrected chi connectivity index (χ3v) is 17.2. The van der Waals surface area contributed by atoms with Gasteiger partial charge in [0.25, 0.3) is 7.82 Å². The van der Waals surface area contributed by atoms with Crippen molar-refractivity contribution in [2.24, 2.45) is 0 Å². The number of nitrogens with zero attached hydrogens (tertiary/aromatic N) is 1. The summed E-state index contributed by atoms with van der Waals surface area (Å²) >= 11 is 0. The molecule has 0 aromatic carbocycles. The number of hydrogen-bond acceptors (Lipinski definition) is 6. The van der Waals surface area contributed by atoms with E-state index in [1.165, 1.54) is 302 Å². The Hall–Kier alpha value is -0.760. The van der Waals surface area contributed by atoms with E-state index in [1.54, 1.807) is 0 Å². The van der Waals surface area contributed by atoms with Crippen molar-refractivity contribution in [3.63, 3.8) is 0 Å². The Kier molecular flexibility index (Phi) is 59.3. The zero-order chi connectivity index (χ0) is 56.3. The molecule has 0 aliphatic heterocycles. The normalized spacial score (nSPS) is 13.7. The minimum Gasteiger partial charge on any atom is -0.756 e. The van der Waals surface area contributed by atoms with Crippen molar-refractivity contribution in [2.75, 3.05) is 40.9 Å². The zero-order valence-corrected chi connectivity index (χ0v) is 53.6. The molecular formula is C68H137N2O6P. The minimum absolute atomic E-state index is 0.0157. The number of amides is 1. The lowest BCUT2D eigenvalue weighted by Gasteiger charge is -2.30. The lowest BCUT2D eigenvalue weighted by Crippen LogP contribution is -2.46. The second kappa shape index (κ2) is 59.8. The van der Waals surface area contributed by atoms with Gasteiger partial charge in [-0.25, -0.2) is 0 Å². The van der Waals surface area contributed by atoms with Crippen molar-refractivity contribution in [1.29, 1.82) is 0 Å². The molecule has 0 rings (SSSR count). The summed E-state index contributed by atoms with van der Waals surface area (Å²) in [5.41, 5.74) is 0. The van der Waals surface area contributed by atoms with Crippen molar-refractivity contribution in [2.45, 2.75) is 379 Å². The van der Waals surface area contributed by atoms with E-state index in [2.05, 4.69) is 31.3 Å². The molecule has 0 saturated carbocycles. The average molecular weight is 1110 g/mol. The Morgan fingerprint density at radius 2 is 0.714 bits per heavy atom. The maximum absolute atomic E-state index is 13.1. The molecule has 0 heterocycles. The highest BCUT2D eigenvalue weighted by Gasteiger charge is 2.24. The SMILES string of the molecule is CCCCCCCCCC/C=C\CCCCCCCCCCCCCCCCCCCC(=O)NC(COP(=O)([O-])OCC[N+](C)(C)C)C(O)CCCCCCCCCCCCCCCCCCCCCCCCCCCC. The summed E-state index contributed by atoms with van der Waals surface area (Å²) in [6, 6.07) is -0.798. The first-order valence-corrected chi connectivity index (χ1v) is 36.0. The number of likely N-dealkylation sites (N-methyl/N-ethyl adjacent to an activating group) is 1. The molecule has 9 heteroatoms. The van der Waals surface area contributed by atoms with Gasteiger partial charge in [-0.1, -0.05) is 334 Å². The van der Waals surface area contributed by atoms with E-state index in [-0.39, 0.29) is 19.1 Å². The first kappa shape index (κ1) is 76.2. The number of hydrogen-bond donors (Lipinski definition) is 2. The molecular weight excluding hydrogens is 972 g/mol. The van der Waals surface area contributed by atoms with E-state index in [1.807, 2.05) is 21.1 Å². The molecule has 0 fully saturated rings. The van der Waals surface area contributed by atoms with Crippen LogP contribution in [0.1, 0.15) is 367 Å². The Labute approximate surface area is 482 Å². The standard InChI is InChI=1S/C68H137N2O6P/c1-6-8-10-12-14-16-18-20-22-24-26-28-30-32-34-35-36-38-40-42-44-46-48-50-52-54-56-58-60-62-68(72)69-66(65-76-77(73,74)75-64-63-70(3,4)5)67(71)61-59-57-55-53-51-49-47-45-43-41-39-37-33-31-29-27-25-23-21-19-17-15-13-11-9-7-2/h24,26,66-67,71H,6-23,25,27-65H2,1-5H3,(H-,69,72,73,74)/b26-24-. The average Bonchev–Trinajstić information content (AvgIpc) is 3.39. The molecule has 77 heavy (non-hydrogen) atoms. The molecule has 0 aliphatic rings. The number of aliphatic hydroxyl groups is 1. The Bertz CT molecular complexity index is 1260. The smallest absolute Gasteiger partial charge is 0.268 e. The molecule has 3 unspecified atom stereocenters. The largest absolute Gasteiger partial charge is 0.756 e. The van der Waals surface area contributed by atoms with Crippen LogP contribution in [0.15, 0.2) is 12.2 Å². The van der Waals surface area contributed by atoms with E-state index < -0.39 is 20.0 Å². The van der Waals surface area contributed by atoms with E-state index in [0.717, 1.165) is 38.5 Å². The topological polar surface area (TPSA) is 108 Å². The van der Waals surface area contributed by atoms with Crippen LogP contribution >= 0.6 is 7.82 Å². The Balaban J connectivity index is 4.01. The van der Waals surface area contributed by atoms with Gasteiger partial charge in [0.15, 0.2) is 0 Å². The van der Waals surface area contributed by atoms with Gasteiger partial charge in [0, 0.05) is 6.42 Å². The van der Waals surface area contributed by atoms with Crippen LogP contribution < -0.4 is 10.2 Å². The highest BCUT2D eigenvalue weighted by atomic mass is 31.2. The Morgan fingerprint density at radius 1 is 0.442 bits per heavy atom. The van der Waals surface area contributed by atoms with Gasteiger partial charge in [-0.3, -0.25) is 9.36 Å². The maximum atomic E-state index is 13.1. The van der Waals surface area contributed by atoms with Crippen LogP contribution in [0.2, 0.25) is 0 Å². The summed E-state index contributed by atoms with van der Waals surface area (Å²) in [4.78, 5) is 25.7. The number of allylic oxidation sites excluding steroid dienone is 2. The van der Waals surface area contributed by atoms with Gasteiger partial charge in [-0.2, -0.15) is 0 Å². The van der Waals surface area contributed by atoms with Gasteiger partial charge in [0.2, 0.25) is 5.91 Å². The van der Waals surface area contributed by atoms with Crippen LogP contribution in [0.5, 0.6) is 0 Å². The van der Waals surface area contributed by atoms with Gasteiger partial charge >= 0.3 is 0 Å². The van der Waals surface area contributed by atoms with E-state index >= 15 is 0 Å². The Morgan fingerprint density at radius 3 is 1.01 bits per heavy atom. The van der Waals surface area contributed by atoms with Crippen molar-refractivity contribution < 1.29 is 32.9 Å². The predicted octanol–water partition coefficient (Wildman–Crippen LogP) is 21.1. The lowest BCUT2D eigenvalue weighted by molar-refractivity contribution is -0.870. The number of aliphatic hydroxyl groups excluding tert-OH is 1. The number of phosphoric ester groups is 1. The highest BCUT2D eigenvalue weighted by molar-refractivity contribution is 7.45. The third kappa shape index (κ3) is 62.7. The van der Waals surface area contributed by atoms with Crippen molar-refractivity contribution in [1.82, 2.24) is 5.32 Å². The van der Waals surface area contributed by atoms with Crippen LogP contribution in [-0.2, 0) is 18.4 Å². The summed E-state index contributed by atoms with van der Waals surface area (Å²) in [7, 11) is 1.33. The molecule has 3 atom stereocenters. The fraction of sp³-hybridized carbons (Fsp3) is 0.956. The summed E-state index contributed by atoms with van der Waals surface area (Å²) in [5.74, 6) is -0.156. The number of unbranched alkanes of at least 4 members (excludes halogenated alkanes) is 50. The minimum atomic E-state index is -4.58. The summed E-state index contributed by atoms with van der Waals surface area (Å²) in [6.07, 6.45) is 75.7. The third-order valence-electron chi connectivity index (χ3n) is 16.3. The number of carbonyl (C=O) groups is 1. The molecule has 0 aromatic heterocycles. The van der Waals surface area contributed by atoms with Crippen molar-refractivity contribution in [3.05, 3.63) is 12.2 Å². The molecule has 1 amide bonds. The van der Waals surface area contributed by atoms with Crippen molar-refractivity contribution >= 4 is 13.7 Å². The van der Waals surface area contributed by atoms with Crippen molar-refractivity contribution in [3.8, 4) is 0 Å². The summed E-state index contributed by atoms with van der Waals surface area (Å²) in [5, 5.41) is 14.1. The molecule has 460 valence electrons. The molecule has 0 aromatic rings. The van der Waals surface area contributed by atoms with E-state index in [0.29, 0.717) is 23.9 Å². The van der Waals surface area contributed by atoms with Gasteiger partial charge < -0.3 is 28.8 Å². The van der Waals surface area contributed by atoms with Crippen LogP contribution in [0.25, 0.3) is 0 Å². The second-order valence-corrected chi connectivity index (χ2v) is 26.7. The monoisotopic (exact) mass is 1110 g/mol. The number of phosphoric acid groups is 1. The summed E-state index contributed by atoms with van der Waals surface area (Å²) < 4.78 is 23.5. The van der Waals surface area contributed by atoms with Crippen LogP contribution in [0, 0.1) is 0 Å². The fourth-order valence-electron chi connectivity index (χ4n) is 10.9. The van der Waals surface area contributed by atoms with E-state index in [9.17, 15) is 19.4 Å². The quantitative estimate of drug-likeness (QED) is 0.0272. The fourth-order valence-corrected chi connectivity index (χ4v) is 11.6.